The maximum atomic E-state index is 12.4. The molecule has 19 heavy (non-hydrogen) atoms. The maximum absolute atomic E-state index is 12.4. The summed E-state index contributed by atoms with van der Waals surface area (Å²) in [6.45, 7) is 0.464. The molecule has 0 radical (unpaired) electrons. The minimum absolute atomic E-state index is 0.347. The number of methoxy groups -OCH3 is 1. The van der Waals surface area contributed by atoms with Crippen molar-refractivity contribution in [1.82, 2.24) is 9.80 Å². The van der Waals surface area contributed by atoms with E-state index < -0.39 is 24.0 Å². The molecule has 0 bridgehead atoms. The number of hydrogen-bond donors (Lipinski definition) is 1. The second-order valence-corrected chi connectivity index (χ2v) is 5.48. The zero-order chi connectivity index (χ0) is 14.0. The van der Waals surface area contributed by atoms with E-state index in [1.54, 1.807) is 0 Å². The van der Waals surface area contributed by atoms with Gasteiger partial charge >= 0.3 is 18.0 Å². The molecule has 2 aliphatic rings. The summed E-state index contributed by atoms with van der Waals surface area (Å²) in [6.07, 6.45) is 1.29. The fraction of sp³-hybridized carbons (Fsp3) is 0.727. The quantitative estimate of drug-likeness (QED) is 0.731. The van der Waals surface area contributed by atoms with Crippen molar-refractivity contribution in [3.05, 3.63) is 0 Å². The van der Waals surface area contributed by atoms with Crippen LogP contribution in [0.5, 0.6) is 0 Å². The van der Waals surface area contributed by atoms with Crippen molar-refractivity contribution in [1.29, 1.82) is 0 Å². The van der Waals surface area contributed by atoms with Crippen LogP contribution >= 0.6 is 11.8 Å². The molecule has 2 rings (SSSR count). The molecule has 0 saturated carbocycles. The van der Waals surface area contributed by atoms with Gasteiger partial charge in [0, 0.05) is 12.3 Å². The lowest BCUT2D eigenvalue weighted by molar-refractivity contribution is -0.145. The second kappa shape index (κ2) is 5.68. The van der Waals surface area contributed by atoms with Crippen molar-refractivity contribution in [2.75, 3.05) is 25.3 Å². The van der Waals surface area contributed by atoms with E-state index in [0.29, 0.717) is 24.6 Å². The molecule has 106 valence electrons. The second-order valence-electron chi connectivity index (χ2n) is 4.48. The molecular formula is C11H16N2O5S. The molecule has 2 aliphatic heterocycles. The minimum atomic E-state index is -1.01. The highest BCUT2D eigenvalue weighted by atomic mass is 32.2. The molecule has 1 N–H and O–H groups in total. The highest BCUT2D eigenvalue weighted by molar-refractivity contribution is 7.99. The number of urea groups is 1. The number of carboxylic acid groups (broad SMARTS) is 1. The smallest absolute Gasteiger partial charge is 0.328 e. The van der Waals surface area contributed by atoms with Gasteiger partial charge in [-0.05, 0) is 12.8 Å². The number of esters is 1. The summed E-state index contributed by atoms with van der Waals surface area (Å²) in [5.41, 5.74) is 0. The van der Waals surface area contributed by atoms with E-state index in [9.17, 15) is 14.4 Å². The Morgan fingerprint density at radius 3 is 2.63 bits per heavy atom. The first kappa shape index (κ1) is 14.0. The normalized spacial score (nSPS) is 26.6. The van der Waals surface area contributed by atoms with E-state index >= 15 is 0 Å². The van der Waals surface area contributed by atoms with Crippen LogP contribution in [0.1, 0.15) is 12.8 Å². The summed E-state index contributed by atoms with van der Waals surface area (Å²) in [5, 5.41) is 9.08. The van der Waals surface area contributed by atoms with Crippen LogP contribution in [0.15, 0.2) is 0 Å². The van der Waals surface area contributed by atoms with Gasteiger partial charge in [0.25, 0.3) is 0 Å². The number of amides is 2. The zero-order valence-corrected chi connectivity index (χ0v) is 11.4. The summed E-state index contributed by atoms with van der Waals surface area (Å²) in [7, 11) is 1.29. The summed E-state index contributed by atoms with van der Waals surface area (Å²) < 4.78 is 4.68. The topological polar surface area (TPSA) is 87.2 Å². The maximum Gasteiger partial charge on any atom is 0.328 e. The van der Waals surface area contributed by atoms with Gasteiger partial charge in [0.15, 0.2) is 0 Å². The van der Waals surface area contributed by atoms with Gasteiger partial charge in [-0.2, -0.15) is 0 Å². The van der Waals surface area contributed by atoms with Gasteiger partial charge in [0.1, 0.15) is 12.1 Å². The fourth-order valence-electron chi connectivity index (χ4n) is 2.38. The Balaban J connectivity index is 2.10. The Kier molecular flexibility index (Phi) is 4.18. The molecule has 2 fully saturated rings. The van der Waals surface area contributed by atoms with Crippen LogP contribution in [0.4, 0.5) is 4.79 Å². The highest BCUT2D eigenvalue weighted by Gasteiger charge is 2.42. The number of rotatable bonds is 2. The summed E-state index contributed by atoms with van der Waals surface area (Å²) in [4.78, 5) is 37.8. The lowest BCUT2D eigenvalue weighted by Gasteiger charge is -2.29. The Morgan fingerprint density at radius 2 is 2.00 bits per heavy atom. The molecular weight excluding hydrogens is 272 g/mol. The van der Waals surface area contributed by atoms with Crippen molar-refractivity contribution in [2.45, 2.75) is 24.9 Å². The number of carbonyl (C=O) groups is 3. The molecule has 0 spiro atoms. The van der Waals surface area contributed by atoms with E-state index in [1.807, 2.05) is 0 Å². The number of thioether (sulfide) groups is 1. The number of likely N-dealkylation sites (tertiary alicyclic amines) is 1. The SMILES string of the molecule is COC(=O)C1CCCN1C(=O)N1CSCC1C(=O)O. The average Bonchev–Trinajstić information content (AvgIpc) is 3.05. The van der Waals surface area contributed by atoms with Crippen LogP contribution in [0.3, 0.4) is 0 Å². The molecule has 0 aliphatic carbocycles. The molecule has 2 heterocycles. The molecule has 2 atom stereocenters. The molecule has 0 aromatic carbocycles. The van der Waals surface area contributed by atoms with Gasteiger partial charge in [-0.3, -0.25) is 0 Å². The van der Waals surface area contributed by atoms with Crippen LogP contribution in [0.25, 0.3) is 0 Å². The number of nitrogens with zero attached hydrogens (tertiary/aromatic N) is 2. The van der Waals surface area contributed by atoms with Crippen molar-refractivity contribution in [3.63, 3.8) is 0 Å². The predicted molar refractivity (Wildman–Crippen MR) is 67.7 cm³/mol. The molecule has 0 aromatic rings. The first-order valence-electron chi connectivity index (χ1n) is 6.02. The molecule has 8 heteroatoms. The van der Waals surface area contributed by atoms with E-state index in [0.717, 1.165) is 6.42 Å². The highest BCUT2D eigenvalue weighted by Crippen LogP contribution is 2.26. The van der Waals surface area contributed by atoms with Crippen LogP contribution in [-0.2, 0) is 14.3 Å². The van der Waals surface area contributed by atoms with Crippen molar-refractivity contribution in [3.8, 4) is 0 Å². The van der Waals surface area contributed by atoms with Crippen LogP contribution < -0.4 is 0 Å². The lowest BCUT2D eigenvalue weighted by atomic mass is 10.2. The minimum Gasteiger partial charge on any atom is -0.480 e. The molecule has 0 aromatic heterocycles. The summed E-state index contributed by atoms with van der Waals surface area (Å²) >= 11 is 1.40. The van der Waals surface area contributed by atoms with Gasteiger partial charge in [0.2, 0.25) is 0 Å². The van der Waals surface area contributed by atoms with Gasteiger partial charge in [-0.1, -0.05) is 0 Å². The molecule has 2 amide bonds. The third kappa shape index (κ3) is 2.63. The Labute approximate surface area is 114 Å². The first-order valence-corrected chi connectivity index (χ1v) is 7.17. The number of aliphatic carboxylic acids is 1. The van der Waals surface area contributed by atoms with Gasteiger partial charge in [-0.15, -0.1) is 11.8 Å². The summed E-state index contributed by atoms with van der Waals surface area (Å²) in [6, 6.07) is -1.78. The van der Waals surface area contributed by atoms with E-state index in [2.05, 4.69) is 4.74 Å². The van der Waals surface area contributed by atoms with Gasteiger partial charge in [0.05, 0.1) is 13.0 Å². The zero-order valence-electron chi connectivity index (χ0n) is 10.6. The Morgan fingerprint density at radius 1 is 1.26 bits per heavy atom. The monoisotopic (exact) mass is 288 g/mol. The van der Waals surface area contributed by atoms with Crippen molar-refractivity contribution in [2.24, 2.45) is 0 Å². The molecule has 2 saturated heterocycles. The third-order valence-corrected chi connectivity index (χ3v) is 4.40. The van der Waals surface area contributed by atoms with Gasteiger partial charge in [-0.25, -0.2) is 14.4 Å². The number of hydrogen-bond acceptors (Lipinski definition) is 5. The number of carboxylic acids is 1. The number of ether oxygens (including phenoxy) is 1. The van der Waals surface area contributed by atoms with E-state index in [1.165, 1.54) is 28.7 Å². The van der Waals surface area contributed by atoms with E-state index in [4.69, 9.17) is 5.11 Å². The predicted octanol–water partition coefficient (Wildman–Crippen LogP) is 0.203. The van der Waals surface area contributed by atoms with Crippen LogP contribution in [0.2, 0.25) is 0 Å². The largest absolute Gasteiger partial charge is 0.480 e. The lowest BCUT2D eigenvalue weighted by Crippen LogP contribution is -2.51. The third-order valence-electron chi connectivity index (χ3n) is 3.38. The van der Waals surface area contributed by atoms with Crippen LogP contribution in [0, 0.1) is 0 Å². The fourth-order valence-corrected chi connectivity index (χ4v) is 3.52. The van der Waals surface area contributed by atoms with Crippen molar-refractivity contribution < 1.29 is 24.2 Å². The van der Waals surface area contributed by atoms with Crippen LogP contribution in [-0.4, -0.2) is 70.2 Å². The Hall–Kier alpha value is -1.44. The Bertz CT molecular complexity index is 403. The standard InChI is InChI=1S/C11H16N2O5S/c1-18-10(16)7-3-2-4-12(7)11(17)13-6-19-5-8(13)9(14)15/h7-8H,2-6H2,1H3,(H,14,15). The first-order chi connectivity index (χ1) is 9.06. The molecule has 2 unspecified atom stereocenters. The number of carbonyl (C=O) groups excluding carboxylic acids is 2. The summed E-state index contributed by atoms with van der Waals surface area (Å²) in [5.74, 6) is -0.713. The van der Waals surface area contributed by atoms with E-state index in [-0.39, 0.29) is 6.03 Å². The van der Waals surface area contributed by atoms with Crippen molar-refractivity contribution >= 4 is 29.7 Å². The molecule has 7 nitrogen and oxygen atoms in total. The average molecular weight is 288 g/mol. The van der Waals surface area contributed by atoms with Gasteiger partial charge < -0.3 is 19.6 Å².